The zero-order valence-electron chi connectivity index (χ0n) is 12.6. The molecule has 1 heterocycles. The topological polar surface area (TPSA) is 49.4 Å². The Morgan fingerprint density at radius 1 is 1.43 bits per heavy atom. The van der Waals surface area contributed by atoms with E-state index < -0.39 is 15.8 Å². The molecule has 6 heteroatoms. The Bertz CT molecular complexity index is 583. The van der Waals surface area contributed by atoms with Crippen LogP contribution in [0, 0.1) is 18.7 Å². The predicted molar refractivity (Wildman–Crippen MR) is 81.2 cm³/mol. The third kappa shape index (κ3) is 3.81. The van der Waals surface area contributed by atoms with E-state index in [4.69, 9.17) is 0 Å². The Balaban J connectivity index is 2.24. The van der Waals surface area contributed by atoms with Crippen LogP contribution in [0.25, 0.3) is 0 Å². The molecule has 0 radical (unpaired) electrons. The minimum atomic E-state index is -3.77. The first kappa shape index (κ1) is 16.4. The highest BCUT2D eigenvalue weighted by molar-refractivity contribution is 7.89. The molecule has 0 saturated carbocycles. The van der Waals surface area contributed by atoms with Gasteiger partial charge in [0.25, 0.3) is 0 Å². The highest BCUT2D eigenvalue weighted by Crippen LogP contribution is 2.22. The van der Waals surface area contributed by atoms with Gasteiger partial charge in [-0.05, 0) is 56.5 Å². The summed E-state index contributed by atoms with van der Waals surface area (Å²) in [5.41, 5.74) is 0.741. The van der Waals surface area contributed by atoms with Crippen LogP contribution in [0.5, 0.6) is 0 Å². The smallest absolute Gasteiger partial charge is 0.245 e. The molecule has 1 atom stereocenters. The predicted octanol–water partition coefficient (Wildman–Crippen LogP) is 2.14. The molecule has 0 amide bonds. The number of hydrogen-bond acceptors (Lipinski definition) is 3. The molecular formula is C15H23FN2O2S. The third-order valence-corrected chi connectivity index (χ3v) is 5.87. The average molecular weight is 314 g/mol. The molecular weight excluding hydrogens is 291 g/mol. The molecule has 1 aliphatic rings. The van der Waals surface area contributed by atoms with Gasteiger partial charge >= 0.3 is 0 Å². The molecule has 0 aromatic heterocycles. The molecule has 1 unspecified atom stereocenters. The summed E-state index contributed by atoms with van der Waals surface area (Å²) in [7, 11) is -3.77. The summed E-state index contributed by atoms with van der Waals surface area (Å²) in [5, 5.41) is 3.28. The number of halogens is 1. The van der Waals surface area contributed by atoms with Crippen LogP contribution in [-0.2, 0) is 10.0 Å². The lowest BCUT2D eigenvalue weighted by Crippen LogP contribution is -2.41. The van der Waals surface area contributed by atoms with Crippen molar-refractivity contribution in [1.29, 1.82) is 0 Å². The van der Waals surface area contributed by atoms with E-state index in [-0.39, 0.29) is 4.90 Å². The van der Waals surface area contributed by atoms with Crippen LogP contribution in [0.1, 0.15) is 25.3 Å². The van der Waals surface area contributed by atoms with E-state index in [9.17, 15) is 12.8 Å². The van der Waals surface area contributed by atoms with E-state index in [0.717, 1.165) is 31.5 Å². The molecule has 1 aliphatic heterocycles. The summed E-state index contributed by atoms with van der Waals surface area (Å²) in [5.74, 6) is -0.387. The van der Waals surface area contributed by atoms with Crippen molar-refractivity contribution in [2.75, 3.05) is 26.2 Å². The Morgan fingerprint density at radius 2 is 2.19 bits per heavy atom. The van der Waals surface area contributed by atoms with Crippen LogP contribution in [-0.4, -0.2) is 38.9 Å². The van der Waals surface area contributed by atoms with Gasteiger partial charge in [0.1, 0.15) is 10.7 Å². The molecule has 1 saturated heterocycles. The average Bonchev–Trinajstić information content (AvgIpc) is 2.48. The molecule has 2 rings (SSSR count). The fraction of sp³-hybridized carbons (Fsp3) is 0.600. The van der Waals surface area contributed by atoms with Crippen molar-refractivity contribution in [2.45, 2.75) is 31.6 Å². The Hall–Kier alpha value is -0.980. The lowest BCUT2D eigenvalue weighted by atomic mass is 10.00. The van der Waals surface area contributed by atoms with Crippen LogP contribution in [0.3, 0.4) is 0 Å². The summed E-state index contributed by atoms with van der Waals surface area (Å²) in [4.78, 5) is -0.215. The molecule has 1 fully saturated rings. The van der Waals surface area contributed by atoms with Crippen molar-refractivity contribution >= 4 is 10.0 Å². The Kier molecular flexibility index (Phi) is 5.35. The second-order valence-electron chi connectivity index (χ2n) is 5.60. The van der Waals surface area contributed by atoms with Crippen molar-refractivity contribution in [1.82, 2.24) is 9.62 Å². The van der Waals surface area contributed by atoms with Crippen LogP contribution in [0.15, 0.2) is 23.1 Å². The van der Waals surface area contributed by atoms with Gasteiger partial charge < -0.3 is 5.32 Å². The van der Waals surface area contributed by atoms with Gasteiger partial charge in [0.2, 0.25) is 10.0 Å². The van der Waals surface area contributed by atoms with Gasteiger partial charge in [-0.1, -0.05) is 13.0 Å². The number of aryl methyl sites for hydroxylation is 1. The molecule has 0 spiro atoms. The summed E-state index contributed by atoms with van der Waals surface area (Å²) in [6, 6.07) is 4.21. The van der Waals surface area contributed by atoms with Gasteiger partial charge in [-0.25, -0.2) is 12.8 Å². The molecule has 1 aromatic carbocycles. The van der Waals surface area contributed by atoms with Gasteiger partial charge in [-0.3, -0.25) is 0 Å². The van der Waals surface area contributed by atoms with Gasteiger partial charge in [-0.2, -0.15) is 4.31 Å². The number of benzene rings is 1. The Morgan fingerprint density at radius 3 is 2.81 bits per heavy atom. The van der Waals surface area contributed by atoms with Crippen molar-refractivity contribution in [2.24, 2.45) is 5.92 Å². The normalized spacial score (nSPS) is 19.9. The number of piperidine rings is 1. The molecule has 0 aliphatic carbocycles. The highest BCUT2D eigenvalue weighted by Gasteiger charge is 2.29. The minimum Gasteiger partial charge on any atom is -0.316 e. The van der Waals surface area contributed by atoms with Gasteiger partial charge in [0, 0.05) is 13.1 Å². The number of hydrogen-bond donors (Lipinski definition) is 1. The second-order valence-corrected chi connectivity index (χ2v) is 7.51. The monoisotopic (exact) mass is 314 g/mol. The first-order chi connectivity index (χ1) is 9.95. The molecule has 118 valence electrons. The summed E-state index contributed by atoms with van der Waals surface area (Å²) < 4.78 is 40.7. The lowest BCUT2D eigenvalue weighted by molar-refractivity contribution is 0.297. The summed E-state index contributed by atoms with van der Waals surface area (Å²) in [6.45, 7) is 6.16. The van der Waals surface area contributed by atoms with E-state index in [1.165, 1.54) is 16.4 Å². The molecule has 21 heavy (non-hydrogen) atoms. The highest BCUT2D eigenvalue weighted by atomic mass is 32.2. The zero-order valence-corrected chi connectivity index (χ0v) is 13.4. The first-order valence-electron chi connectivity index (χ1n) is 7.42. The van der Waals surface area contributed by atoms with Gasteiger partial charge in [0.05, 0.1) is 0 Å². The molecule has 4 nitrogen and oxygen atoms in total. The summed E-state index contributed by atoms with van der Waals surface area (Å²) >= 11 is 0. The van der Waals surface area contributed by atoms with Crippen LogP contribution in [0.4, 0.5) is 4.39 Å². The summed E-state index contributed by atoms with van der Waals surface area (Å²) in [6.07, 6.45) is 2.07. The molecule has 0 bridgehead atoms. The van der Waals surface area contributed by atoms with Gasteiger partial charge in [0.15, 0.2) is 0 Å². The van der Waals surface area contributed by atoms with E-state index in [1.54, 1.807) is 19.9 Å². The van der Waals surface area contributed by atoms with E-state index in [1.807, 2.05) is 0 Å². The lowest BCUT2D eigenvalue weighted by Gasteiger charge is -2.29. The van der Waals surface area contributed by atoms with Crippen molar-refractivity contribution in [3.05, 3.63) is 29.6 Å². The Labute approximate surface area is 126 Å². The van der Waals surface area contributed by atoms with E-state index >= 15 is 0 Å². The maximum Gasteiger partial charge on any atom is 0.245 e. The van der Waals surface area contributed by atoms with Crippen molar-refractivity contribution < 1.29 is 12.8 Å². The maximum absolute atomic E-state index is 13.9. The third-order valence-electron chi connectivity index (χ3n) is 3.92. The largest absolute Gasteiger partial charge is 0.316 e. The van der Waals surface area contributed by atoms with Crippen molar-refractivity contribution in [3.8, 4) is 0 Å². The fourth-order valence-corrected chi connectivity index (χ4v) is 4.39. The quantitative estimate of drug-likeness (QED) is 0.906. The van der Waals surface area contributed by atoms with Gasteiger partial charge in [-0.15, -0.1) is 0 Å². The molecule has 1 aromatic rings. The standard InChI is InChI=1S/C15H23FN2O2S/c1-3-18(11-13-5-4-8-17-10-13)21(19,20)15-9-12(2)6-7-14(15)16/h6-7,9,13,17H,3-5,8,10-11H2,1-2H3. The van der Waals surface area contributed by atoms with E-state index in [0.29, 0.717) is 19.0 Å². The number of sulfonamides is 1. The first-order valence-corrected chi connectivity index (χ1v) is 8.86. The number of nitrogens with zero attached hydrogens (tertiary/aromatic N) is 1. The molecule has 1 N–H and O–H groups in total. The number of nitrogens with one attached hydrogen (secondary N) is 1. The van der Waals surface area contributed by atoms with Crippen LogP contribution in [0.2, 0.25) is 0 Å². The van der Waals surface area contributed by atoms with E-state index in [2.05, 4.69) is 5.32 Å². The van der Waals surface area contributed by atoms with Crippen LogP contribution >= 0.6 is 0 Å². The second kappa shape index (κ2) is 6.85. The zero-order chi connectivity index (χ0) is 15.5. The van der Waals surface area contributed by atoms with Crippen molar-refractivity contribution in [3.63, 3.8) is 0 Å². The SMILES string of the molecule is CCN(CC1CCCNC1)S(=O)(=O)c1cc(C)ccc1F. The fourth-order valence-electron chi connectivity index (χ4n) is 2.71. The van der Waals surface area contributed by atoms with Crippen LogP contribution < -0.4 is 5.32 Å². The maximum atomic E-state index is 13.9. The number of rotatable bonds is 5. The minimum absolute atomic E-state index is 0.215.